The number of hydrogen-bond acceptors (Lipinski definition) is 2. The molecule has 0 aliphatic carbocycles. The van der Waals surface area contributed by atoms with Crippen molar-refractivity contribution in [3.63, 3.8) is 0 Å². The Morgan fingerprint density at radius 3 is 2.78 bits per heavy atom. The van der Waals surface area contributed by atoms with Crippen molar-refractivity contribution in [2.24, 2.45) is 7.05 Å². The Morgan fingerprint density at radius 1 is 1.44 bits per heavy atom. The first-order valence-corrected chi connectivity index (χ1v) is 5.60. The van der Waals surface area contributed by atoms with Gasteiger partial charge in [-0.2, -0.15) is 5.10 Å². The van der Waals surface area contributed by atoms with Crippen LogP contribution in [-0.2, 0) is 13.6 Å². The first kappa shape index (κ1) is 12.3. The molecule has 0 unspecified atom stereocenters. The molecule has 94 valence electrons. The summed E-state index contributed by atoms with van der Waals surface area (Å²) in [5.74, 6) is -0.565. The zero-order chi connectivity index (χ0) is 13.1. The van der Waals surface area contributed by atoms with Crippen LogP contribution in [0.25, 0.3) is 0 Å². The predicted molar refractivity (Wildman–Crippen MR) is 65.5 cm³/mol. The fraction of sp³-hybridized carbons (Fsp3) is 0.231. The molecule has 1 amide bonds. The van der Waals surface area contributed by atoms with Gasteiger partial charge in [-0.1, -0.05) is 18.2 Å². The fourth-order valence-electron chi connectivity index (χ4n) is 1.74. The minimum atomic E-state index is -0.319. The second-order valence-corrected chi connectivity index (χ2v) is 4.08. The Morgan fingerprint density at radius 2 is 2.17 bits per heavy atom. The highest BCUT2D eigenvalue weighted by atomic mass is 19.1. The summed E-state index contributed by atoms with van der Waals surface area (Å²) in [7, 11) is 1.75. The number of hydrogen-bond donors (Lipinski definition) is 1. The molecule has 0 spiro atoms. The molecule has 0 radical (unpaired) electrons. The second-order valence-electron chi connectivity index (χ2n) is 4.08. The molecule has 1 N–H and O–H groups in total. The van der Waals surface area contributed by atoms with Crippen molar-refractivity contribution in [2.45, 2.75) is 13.5 Å². The van der Waals surface area contributed by atoms with E-state index in [1.807, 2.05) is 0 Å². The molecule has 1 aromatic carbocycles. The van der Waals surface area contributed by atoms with Crippen LogP contribution < -0.4 is 5.32 Å². The van der Waals surface area contributed by atoms with E-state index in [0.717, 1.165) is 0 Å². The average Bonchev–Trinajstić information content (AvgIpc) is 2.67. The molecule has 0 aliphatic rings. The first-order valence-electron chi connectivity index (χ1n) is 5.60. The van der Waals surface area contributed by atoms with E-state index in [4.69, 9.17) is 0 Å². The van der Waals surface area contributed by atoms with E-state index in [1.54, 1.807) is 43.0 Å². The quantitative estimate of drug-likeness (QED) is 0.899. The maximum Gasteiger partial charge on any atom is 0.255 e. The molecule has 2 aromatic rings. The van der Waals surface area contributed by atoms with E-state index in [9.17, 15) is 9.18 Å². The summed E-state index contributed by atoms with van der Waals surface area (Å²) in [5.41, 5.74) is 1.63. The first-order chi connectivity index (χ1) is 8.58. The van der Waals surface area contributed by atoms with Crippen LogP contribution in [0, 0.1) is 12.7 Å². The number of nitrogens with one attached hydrogen (secondary N) is 1. The summed E-state index contributed by atoms with van der Waals surface area (Å²) in [4.78, 5) is 11.9. The van der Waals surface area contributed by atoms with Crippen LogP contribution in [0.1, 0.15) is 21.6 Å². The summed E-state index contributed by atoms with van der Waals surface area (Å²) in [6.07, 6.45) is 1.64. The molecule has 0 saturated heterocycles. The van der Waals surface area contributed by atoms with Crippen molar-refractivity contribution in [1.82, 2.24) is 15.1 Å². The molecule has 0 atom stereocenters. The van der Waals surface area contributed by atoms with E-state index in [-0.39, 0.29) is 18.3 Å². The van der Waals surface area contributed by atoms with Crippen LogP contribution in [0.15, 0.2) is 30.5 Å². The summed E-state index contributed by atoms with van der Waals surface area (Å²) < 4.78 is 14.9. The van der Waals surface area contributed by atoms with Gasteiger partial charge in [-0.25, -0.2) is 4.39 Å². The summed E-state index contributed by atoms with van der Waals surface area (Å²) >= 11 is 0. The van der Waals surface area contributed by atoms with E-state index >= 15 is 0 Å². The number of benzene rings is 1. The highest BCUT2D eigenvalue weighted by Gasteiger charge is 2.12. The van der Waals surface area contributed by atoms with E-state index in [0.29, 0.717) is 16.8 Å². The number of aryl methyl sites for hydroxylation is 2. The van der Waals surface area contributed by atoms with Crippen LogP contribution in [0.4, 0.5) is 4.39 Å². The lowest BCUT2D eigenvalue weighted by molar-refractivity contribution is 0.0950. The van der Waals surface area contributed by atoms with Gasteiger partial charge >= 0.3 is 0 Å². The molecule has 18 heavy (non-hydrogen) atoms. The molecule has 1 heterocycles. The lowest BCUT2D eigenvalue weighted by Crippen LogP contribution is -2.23. The molecule has 5 heteroatoms. The molecular formula is C13H14FN3O. The zero-order valence-corrected chi connectivity index (χ0v) is 10.3. The molecule has 2 rings (SSSR count). The van der Waals surface area contributed by atoms with Gasteiger partial charge in [0, 0.05) is 25.4 Å². The van der Waals surface area contributed by atoms with Crippen molar-refractivity contribution in [2.75, 3.05) is 0 Å². The predicted octanol–water partition coefficient (Wildman–Crippen LogP) is 1.80. The molecule has 1 aromatic heterocycles. The van der Waals surface area contributed by atoms with Gasteiger partial charge in [-0.3, -0.25) is 9.48 Å². The third-order valence-electron chi connectivity index (χ3n) is 2.66. The number of aromatic nitrogens is 2. The smallest absolute Gasteiger partial charge is 0.255 e. The van der Waals surface area contributed by atoms with Crippen LogP contribution in [-0.4, -0.2) is 15.7 Å². The molecular weight excluding hydrogens is 233 g/mol. The summed E-state index contributed by atoms with van der Waals surface area (Å²) in [6, 6.07) is 6.37. The SMILES string of the molecule is Cc1nn(C)cc1C(=O)NCc1ccccc1F. The highest BCUT2D eigenvalue weighted by molar-refractivity contribution is 5.94. The van der Waals surface area contributed by atoms with Gasteiger partial charge in [0.15, 0.2) is 0 Å². The van der Waals surface area contributed by atoms with Gasteiger partial charge < -0.3 is 5.32 Å². The number of carbonyl (C=O) groups is 1. The Hall–Kier alpha value is -2.17. The number of rotatable bonds is 3. The minimum Gasteiger partial charge on any atom is -0.348 e. The van der Waals surface area contributed by atoms with Crippen molar-refractivity contribution in [3.05, 3.63) is 53.1 Å². The fourth-order valence-corrected chi connectivity index (χ4v) is 1.74. The number of halogens is 1. The number of carbonyl (C=O) groups excluding carboxylic acids is 1. The third-order valence-corrected chi connectivity index (χ3v) is 2.66. The Bertz CT molecular complexity index is 577. The normalized spacial score (nSPS) is 10.4. The lowest BCUT2D eigenvalue weighted by Gasteiger charge is -2.05. The molecule has 4 nitrogen and oxygen atoms in total. The molecule has 0 saturated carbocycles. The van der Waals surface area contributed by atoms with Gasteiger partial charge in [0.2, 0.25) is 0 Å². The van der Waals surface area contributed by atoms with Crippen LogP contribution in [0.3, 0.4) is 0 Å². The highest BCUT2D eigenvalue weighted by Crippen LogP contribution is 2.08. The molecule has 0 bridgehead atoms. The summed E-state index contributed by atoms with van der Waals surface area (Å²) in [6.45, 7) is 1.93. The van der Waals surface area contributed by atoms with Crippen LogP contribution in [0.5, 0.6) is 0 Å². The Labute approximate surface area is 104 Å². The van der Waals surface area contributed by atoms with Crippen LogP contribution >= 0.6 is 0 Å². The number of amides is 1. The van der Waals surface area contributed by atoms with Crippen molar-refractivity contribution in [3.8, 4) is 0 Å². The topological polar surface area (TPSA) is 46.9 Å². The maximum atomic E-state index is 13.4. The Balaban J connectivity index is 2.05. The standard InChI is InChI=1S/C13H14FN3O/c1-9-11(8-17(2)16-9)13(18)15-7-10-5-3-4-6-12(10)14/h3-6,8H,7H2,1-2H3,(H,15,18). The maximum absolute atomic E-state index is 13.4. The van der Waals surface area contributed by atoms with Gasteiger partial charge in [-0.05, 0) is 13.0 Å². The minimum absolute atomic E-state index is 0.167. The Kier molecular flexibility index (Phi) is 3.41. The van der Waals surface area contributed by atoms with Gasteiger partial charge in [0.05, 0.1) is 11.3 Å². The molecule has 0 aliphatic heterocycles. The summed E-state index contributed by atoms with van der Waals surface area (Å²) in [5, 5.41) is 6.76. The average molecular weight is 247 g/mol. The third kappa shape index (κ3) is 2.56. The van der Waals surface area contributed by atoms with E-state index in [2.05, 4.69) is 10.4 Å². The van der Waals surface area contributed by atoms with E-state index in [1.165, 1.54) is 6.07 Å². The largest absolute Gasteiger partial charge is 0.348 e. The van der Waals surface area contributed by atoms with Gasteiger partial charge in [0.25, 0.3) is 5.91 Å². The monoisotopic (exact) mass is 247 g/mol. The van der Waals surface area contributed by atoms with Gasteiger partial charge in [0.1, 0.15) is 5.82 Å². The molecule has 0 fully saturated rings. The van der Waals surface area contributed by atoms with Crippen molar-refractivity contribution in [1.29, 1.82) is 0 Å². The number of nitrogens with zero attached hydrogens (tertiary/aromatic N) is 2. The van der Waals surface area contributed by atoms with Gasteiger partial charge in [-0.15, -0.1) is 0 Å². The van der Waals surface area contributed by atoms with E-state index < -0.39 is 0 Å². The van der Waals surface area contributed by atoms with Crippen LogP contribution in [0.2, 0.25) is 0 Å². The lowest BCUT2D eigenvalue weighted by atomic mass is 10.2. The zero-order valence-electron chi connectivity index (χ0n) is 10.3. The van der Waals surface area contributed by atoms with Crippen molar-refractivity contribution < 1.29 is 9.18 Å². The van der Waals surface area contributed by atoms with Crippen molar-refractivity contribution >= 4 is 5.91 Å². The second kappa shape index (κ2) is 5.00.